The highest BCUT2D eigenvalue weighted by molar-refractivity contribution is 6.01. The summed E-state index contributed by atoms with van der Waals surface area (Å²) >= 11 is 0. The average Bonchev–Trinajstić information content (AvgIpc) is 3.13. The Morgan fingerprint density at radius 3 is 2.36 bits per heavy atom. The smallest absolute Gasteiger partial charge is 0.475 e. The van der Waals surface area contributed by atoms with Gasteiger partial charge in [-0.2, -0.15) is 18.4 Å². The van der Waals surface area contributed by atoms with Gasteiger partial charge in [0.25, 0.3) is 11.8 Å². The lowest BCUT2D eigenvalue weighted by molar-refractivity contribution is -0.192. The molecule has 2 heterocycles. The summed E-state index contributed by atoms with van der Waals surface area (Å²) < 4.78 is 71.7. The molecule has 0 bridgehead atoms. The number of hydrogen-bond acceptors (Lipinski definition) is 6. The first kappa shape index (κ1) is 27.9. The Morgan fingerprint density at radius 1 is 1.19 bits per heavy atom. The number of amides is 2. The molecule has 1 saturated heterocycles. The fourth-order valence-corrected chi connectivity index (χ4v) is 2.93. The minimum absolute atomic E-state index is 0.153. The number of aliphatic carboxylic acids is 1. The van der Waals surface area contributed by atoms with Gasteiger partial charge in [-0.1, -0.05) is 0 Å². The molecule has 36 heavy (non-hydrogen) atoms. The number of nitrogens with zero attached hydrogens (tertiary/aromatic N) is 3. The molecule has 0 unspecified atom stereocenters. The van der Waals surface area contributed by atoms with Crippen molar-refractivity contribution in [3.63, 3.8) is 0 Å². The van der Waals surface area contributed by atoms with Crippen LogP contribution >= 0.6 is 0 Å². The highest BCUT2D eigenvalue weighted by Gasteiger charge is 2.47. The van der Waals surface area contributed by atoms with Crippen molar-refractivity contribution in [2.24, 2.45) is 0 Å². The second kappa shape index (κ2) is 11.4. The van der Waals surface area contributed by atoms with E-state index in [-0.39, 0.29) is 5.56 Å². The molecule has 192 valence electrons. The Labute approximate surface area is 199 Å². The Bertz CT molecular complexity index is 1150. The summed E-state index contributed by atoms with van der Waals surface area (Å²) in [6.07, 6.45) is -3.05. The predicted molar refractivity (Wildman–Crippen MR) is 111 cm³/mol. The van der Waals surface area contributed by atoms with Gasteiger partial charge in [0.05, 0.1) is 36.6 Å². The number of likely N-dealkylation sites (tertiary alicyclic amines) is 1. The summed E-state index contributed by atoms with van der Waals surface area (Å²) in [6, 6.07) is 7.30. The molecule has 9 nitrogen and oxygen atoms in total. The maximum absolute atomic E-state index is 13.5. The van der Waals surface area contributed by atoms with Gasteiger partial charge in [0.1, 0.15) is 11.9 Å². The molecule has 2 amide bonds. The van der Waals surface area contributed by atoms with Crippen LogP contribution in [0.5, 0.6) is 0 Å². The topological polar surface area (TPSA) is 135 Å². The van der Waals surface area contributed by atoms with Gasteiger partial charge in [-0.05, 0) is 30.3 Å². The van der Waals surface area contributed by atoms with Gasteiger partial charge in [0.2, 0.25) is 5.91 Å². The molecular formula is C21H17F6N5O4. The van der Waals surface area contributed by atoms with E-state index >= 15 is 0 Å². The number of nitriles is 1. The lowest BCUT2D eigenvalue weighted by atomic mass is 10.2. The highest BCUT2D eigenvalue weighted by atomic mass is 19.4. The first-order valence-corrected chi connectivity index (χ1v) is 9.85. The van der Waals surface area contributed by atoms with Crippen molar-refractivity contribution in [2.75, 3.05) is 18.4 Å². The summed E-state index contributed by atoms with van der Waals surface area (Å²) in [7, 11) is 0. The molecule has 1 aromatic heterocycles. The van der Waals surface area contributed by atoms with E-state index in [0.29, 0.717) is 11.4 Å². The first-order valence-electron chi connectivity index (χ1n) is 9.85. The summed E-state index contributed by atoms with van der Waals surface area (Å²) in [5, 5.41) is 21.4. The van der Waals surface area contributed by atoms with Gasteiger partial charge < -0.3 is 20.6 Å². The first-order chi connectivity index (χ1) is 16.7. The Hall–Kier alpha value is -4.35. The van der Waals surface area contributed by atoms with E-state index in [4.69, 9.17) is 15.2 Å². The quantitative estimate of drug-likeness (QED) is 0.519. The second-order valence-electron chi connectivity index (χ2n) is 7.27. The molecular weight excluding hydrogens is 500 g/mol. The molecule has 15 heteroatoms. The Kier molecular flexibility index (Phi) is 8.82. The number of rotatable bonds is 5. The normalized spacial score (nSPS) is 16.2. The fraction of sp³-hybridized carbons (Fsp3) is 0.286. The monoisotopic (exact) mass is 517 g/mol. The lowest BCUT2D eigenvalue weighted by Crippen LogP contribution is -2.43. The van der Waals surface area contributed by atoms with E-state index in [9.17, 15) is 35.9 Å². The van der Waals surface area contributed by atoms with Crippen LogP contribution in [0, 0.1) is 17.1 Å². The van der Waals surface area contributed by atoms with Crippen molar-refractivity contribution in [1.29, 1.82) is 5.26 Å². The third-order valence-corrected chi connectivity index (χ3v) is 4.57. The molecule has 1 aliphatic heterocycles. The van der Waals surface area contributed by atoms with Gasteiger partial charge in [-0.25, -0.2) is 18.0 Å². The SMILES string of the molecule is N#C[C@@H]1CC(F)(F)CN1C(=O)CNC(=O)c1ccncc1Nc1ccc(F)cc1.O=C(O)C(F)(F)F. The standard InChI is InChI=1S/C19H16F3N5O2.C2HF3O2/c20-12-1-3-13(4-2-12)26-16-9-24-6-5-15(16)18(29)25-10-17(28)27-11-19(21,22)7-14(27)8-23;3-2(4,5)1(6)7/h1-6,9,14,26H,7,10-11H2,(H,25,29);(H,6,7)/t14-;/m0./s1. The van der Waals surface area contributed by atoms with E-state index in [1.807, 2.05) is 0 Å². The van der Waals surface area contributed by atoms with Crippen LogP contribution in [0.4, 0.5) is 37.7 Å². The van der Waals surface area contributed by atoms with Crippen LogP contribution in [-0.4, -0.2) is 64.0 Å². The minimum atomic E-state index is -5.08. The van der Waals surface area contributed by atoms with Crippen LogP contribution in [-0.2, 0) is 9.59 Å². The van der Waals surface area contributed by atoms with Crippen molar-refractivity contribution in [3.8, 4) is 6.07 Å². The van der Waals surface area contributed by atoms with Gasteiger partial charge >= 0.3 is 12.1 Å². The number of carboxylic acid groups (broad SMARTS) is 1. The average molecular weight is 517 g/mol. The number of benzene rings is 1. The molecule has 1 aliphatic rings. The van der Waals surface area contributed by atoms with Gasteiger partial charge in [0, 0.05) is 18.3 Å². The molecule has 3 N–H and O–H groups in total. The minimum Gasteiger partial charge on any atom is -0.475 e. The van der Waals surface area contributed by atoms with Crippen molar-refractivity contribution in [1.82, 2.24) is 15.2 Å². The maximum Gasteiger partial charge on any atom is 0.490 e. The van der Waals surface area contributed by atoms with Crippen LogP contribution in [0.25, 0.3) is 0 Å². The molecule has 0 radical (unpaired) electrons. The molecule has 0 aliphatic carbocycles. The van der Waals surface area contributed by atoms with Gasteiger partial charge in [-0.15, -0.1) is 0 Å². The van der Waals surface area contributed by atoms with Crippen LogP contribution in [0.3, 0.4) is 0 Å². The van der Waals surface area contributed by atoms with E-state index in [1.165, 1.54) is 42.7 Å². The molecule has 1 fully saturated rings. The summed E-state index contributed by atoms with van der Waals surface area (Å²) in [6.45, 7) is -1.39. The van der Waals surface area contributed by atoms with Crippen molar-refractivity contribution >= 4 is 29.2 Å². The number of pyridine rings is 1. The fourth-order valence-electron chi connectivity index (χ4n) is 2.93. The highest BCUT2D eigenvalue weighted by Crippen LogP contribution is 2.31. The molecule has 0 spiro atoms. The number of aromatic nitrogens is 1. The van der Waals surface area contributed by atoms with Crippen molar-refractivity contribution in [2.45, 2.75) is 24.6 Å². The zero-order valence-corrected chi connectivity index (χ0v) is 18.0. The number of halogens is 6. The number of carboxylic acids is 1. The summed E-state index contributed by atoms with van der Waals surface area (Å²) in [4.78, 5) is 38.3. The zero-order valence-electron chi connectivity index (χ0n) is 18.0. The van der Waals surface area contributed by atoms with E-state index in [0.717, 1.165) is 4.90 Å². The number of hydrogen-bond donors (Lipinski definition) is 3. The molecule has 0 saturated carbocycles. The molecule has 2 aromatic rings. The maximum atomic E-state index is 13.5. The summed E-state index contributed by atoms with van der Waals surface area (Å²) in [5.74, 6) is -7.71. The van der Waals surface area contributed by atoms with Gasteiger partial charge in [0.15, 0.2) is 0 Å². The van der Waals surface area contributed by atoms with Crippen molar-refractivity contribution < 1.29 is 45.8 Å². The van der Waals surface area contributed by atoms with Crippen LogP contribution in [0.1, 0.15) is 16.8 Å². The molecule has 3 rings (SSSR count). The van der Waals surface area contributed by atoms with E-state index in [1.54, 1.807) is 6.07 Å². The van der Waals surface area contributed by atoms with Crippen LogP contribution in [0.2, 0.25) is 0 Å². The third kappa shape index (κ3) is 7.86. The van der Waals surface area contributed by atoms with E-state index in [2.05, 4.69) is 15.6 Å². The number of anilines is 2. The number of carbonyl (C=O) groups excluding carboxylic acids is 2. The lowest BCUT2D eigenvalue weighted by Gasteiger charge is -2.19. The molecule has 1 atom stereocenters. The van der Waals surface area contributed by atoms with Gasteiger partial charge in [-0.3, -0.25) is 14.6 Å². The van der Waals surface area contributed by atoms with Crippen LogP contribution < -0.4 is 10.6 Å². The summed E-state index contributed by atoms with van der Waals surface area (Å²) in [5.41, 5.74) is 0.980. The van der Waals surface area contributed by atoms with E-state index < -0.39 is 61.3 Å². The zero-order chi connectivity index (χ0) is 27.1. The second-order valence-corrected chi connectivity index (χ2v) is 7.27. The number of nitrogens with one attached hydrogen (secondary N) is 2. The molecule has 1 aromatic carbocycles. The number of alkyl halides is 5. The van der Waals surface area contributed by atoms with Crippen LogP contribution in [0.15, 0.2) is 42.7 Å². The van der Waals surface area contributed by atoms with Crippen molar-refractivity contribution in [3.05, 3.63) is 54.1 Å². The third-order valence-electron chi connectivity index (χ3n) is 4.57. The Balaban J connectivity index is 0.000000572. The predicted octanol–water partition coefficient (Wildman–Crippen LogP) is 3.09. The number of carbonyl (C=O) groups is 3. The largest absolute Gasteiger partial charge is 0.490 e. The Morgan fingerprint density at radius 2 is 1.81 bits per heavy atom.